The molecule has 0 bridgehead atoms. The average molecular weight is 844 g/mol. The van der Waals surface area contributed by atoms with Crippen molar-refractivity contribution in [1.29, 1.82) is 0 Å². The van der Waals surface area contributed by atoms with Crippen LogP contribution in [0.4, 0.5) is 13.2 Å². The topological polar surface area (TPSA) is 332 Å². The Morgan fingerprint density at radius 2 is 1.10 bits per heavy atom. The molecule has 1 aliphatic rings. The minimum atomic E-state index is -5.08. The molecular formula is C38H48F3N11O8. The van der Waals surface area contributed by atoms with E-state index in [0.717, 1.165) is 16.3 Å². The second-order valence-electron chi connectivity index (χ2n) is 13.5. The fourth-order valence-electron chi connectivity index (χ4n) is 5.79. The summed E-state index contributed by atoms with van der Waals surface area (Å²) < 4.78 is 31.7. The molecule has 15 N–H and O–H groups in total. The molecule has 0 spiro atoms. The number of benzene rings is 3. The number of carboxylic acid groups (broad SMARTS) is 1. The number of carboxylic acids is 1. The molecule has 1 heterocycles. The fraction of sp³-hybridized carbons (Fsp3) is 0.368. The third-order valence-corrected chi connectivity index (χ3v) is 8.74. The van der Waals surface area contributed by atoms with Crippen molar-refractivity contribution in [3.63, 3.8) is 0 Å². The number of rotatable bonds is 12. The van der Waals surface area contributed by atoms with Gasteiger partial charge in [-0.2, -0.15) is 13.2 Å². The third kappa shape index (κ3) is 16.4. The summed E-state index contributed by atoms with van der Waals surface area (Å²) in [5.74, 6) is -6.42. The predicted molar refractivity (Wildman–Crippen MR) is 214 cm³/mol. The molecule has 324 valence electrons. The Balaban J connectivity index is 0.00000126. The van der Waals surface area contributed by atoms with Crippen LogP contribution in [0.25, 0.3) is 10.8 Å². The zero-order chi connectivity index (χ0) is 44.4. The van der Waals surface area contributed by atoms with Crippen molar-refractivity contribution >= 4 is 58.2 Å². The van der Waals surface area contributed by atoms with Crippen LogP contribution < -0.4 is 49.5 Å². The standard InChI is InChI=1S/C36H47N11O6.C2HF3O2/c37-35(38)41-15-3-7-26-32(51)45-27(8-4-16-42-36(39)40)33(52)47-28(19-22-9-12-23-5-1-2-6-24(23)17-22)31(50)43-20-30(49)44-29(34(53)46-26)18-21-10-13-25(48)14-11-21;3-2(4,5)1(6)7/h1-2,5-6,9-14,17,26-29,48H,3-4,7-8,15-16,18-20H2,(H,43,50)(H,44,49)(H,45,51)(H,46,53)(H,47,52)(H4,37,38,41)(H4,39,40,42);(H,6,7)/t26-,27+,28+,29-;/m1./s1. The van der Waals surface area contributed by atoms with Gasteiger partial charge in [-0.1, -0.05) is 54.6 Å². The Morgan fingerprint density at radius 3 is 1.62 bits per heavy atom. The van der Waals surface area contributed by atoms with Crippen LogP contribution in [0.3, 0.4) is 0 Å². The molecule has 5 amide bonds. The first-order chi connectivity index (χ1) is 28.3. The minimum absolute atomic E-state index is 0.00775. The summed E-state index contributed by atoms with van der Waals surface area (Å²) >= 11 is 0. The number of carbonyl (C=O) groups is 6. The molecule has 0 unspecified atom stereocenters. The highest BCUT2D eigenvalue weighted by atomic mass is 19.4. The molecule has 0 saturated carbocycles. The number of hydrogen-bond acceptors (Lipinski definition) is 9. The van der Waals surface area contributed by atoms with Crippen molar-refractivity contribution in [3.05, 3.63) is 77.9 Å². The molecule has 0 aliphatic carbocycles. The van der Waals surface area contributed by atoms with E-state index >= 15 is 0 Å². The second kappa shape index (κ2) is 22.7. The molecule has 4 atom stereocenters. The number of aliphatic imine (C=N–C) groups is 2. The lowest BCUT2D eigenvalue weighted by Gasteiger charge is -2.26. The molecule has 1 aliphatic heterocycles. The molecule has 60 heavy (non-hydrogen) atoms. The van der Waals surface area contributed by atoms with Gasteiger partial charge in [-0.3, -0.25) is 34.0 Å². The number of aromatic hydroxyl groups is 1. The van der Waals surface area contributed by atoms with Gasteiger partial charge in [-0.25, -0.2) is 4.79 Å². The Kier molecular flexibility index (Phi) is 17.9. The number of nitrogens with two attached hydrogens (primary N) is 4. The number of amides is 5. The summed E-state index contributed by atoms with van der Waals surface area (Å²) in [5.41, 5.74) is 23.2. The Bertz CT molecular complexity index is 2040. The number of guanidine groups is 2. The van der Waals surface area contributed by atoms with Crippen LogP contribution in [0.1, 0.15) is 36.8 Å². The number of alkyl halides is 3. The number of nitrogens with zero attached hydrogens (tertiary/aromatic N) is 2. The van der Waals surface area contributed by atoms with Crippen LogP contribution >= 0.6 is 0 Å². The van der Waals surface area contributed by atoms with E-state index < -0.39 is 72.4 Å². The van der Waals surface area contributed by atoms with Gasteiger partial charge in [0.15, 0.2) is 11.9 Å². The van der Waals surface area contributed by atoms with Crippen molar-refractivity contribution in [1.82, 2.24) is 26.6 Å². The second-order valence-corrected chi connectivity index (χ2v) is 13.5. The lowest BCUT2D eigenvalue weighted by atomic mass is 10.0. The normalized spacial score (nSPS) is 19.0. The lowest BCUT2D eigenvalue weighted by molar-refractivity contribution is -0.192. The van der Waals surface area contributed by atoms with Gasteiger partial charge in [0.2, 0.25) is 29.5 Å². The van der Waals surface area contributed by atoms with Gasteiger partial charge in [-0.05, 0) is 59.7 Å². The largest absolute Gasteiger partial charge is 0.508 e. The molecule has 19 nitrogen and oxygen atoms in total. The smallest absolute Gasteiger partial charge is 0.490 e. The van der Waals surface area contributed by atoms with Gasteiger partial charge in [0.1, 0.15) is 29.9 Å². The maximum Gasteiger partial charge on any atom is 0.490 e. The third-order valence-electron chi connectivity index (χ3n) is 8.74. The first-order valence-corrected chi connectivity index (χ1v) is 18.5. The summed E-state index contributed by atoms with van der Waals surface area (Å²) in [6.07, 6.45) is -4.31. The van der Waals surface area contributed by atoms with Gasteiger partial charge in [-0.15, -0.1) is 0 Å². The van der Waals surface area contributed by atoms with Gasteiger partial charge >= 0.3 is 12.1 Å². The molecule has 0 radical (unpaired) electrons. The number of phenols is 1. The van der Waals surface area contributed by atoms with Crippen LogP contribution in [0.15, 0.2) is 76.7 Å². The molecule has 3 aromatic rings. The van der Waals surface area contributed by atoms with Gasteiger partial charge in [0.25, 0.3) is 0 Å². The number of fused-ring (bicyclic) bond motifs is 1. The number of carbonyl (C=O) groups excluding carboxylic acids is 5. The van der Waals surface area contributed by atoms with Crippen molar-refractivity contribution in [2.75, 3.05) is 19.6 Å². The van der Waals surface area contributed by atoms with Crippen molar-refractivity contribution in [2.24, 2.45) is 32.9 Å². The van der Waals surface area contributed by atoms with E-state index in [1.54, 1.807) is 12.1 Å². The van der Waals surface area contributed by atoms with E-state index in [9.17, 15) is 42.3 Å². The van der Waals surface area contributed by atoms with Gasteiger partial charge < -0.3 is 59.7 Å². The van der Waals surface area contributed by atoms with Gasteiger partial charge in [0.05, 0.1) is 6.54 Å². The monoisotopic (exact) mass is 843 g/mol. The van der Waals surface area contributed by atoms with E-state index in [2.05, 4.69) is 36.6 Å². The summed E-state index contributed by atoms with van der Waals surface area (Å²) in [5, 5.41) is 32.2. The minimum Gasteiger partial charge on any atom is -0.508 e. The quantitative estimate of drug-likeness (QED) is 0.0603. The fourth-order valence-corrected chi connectivity index (χ4v) is 5.79. The molecule has 1 saturated heterocycles. The average Bonchev–Trinajstić information content (AvgIpc) is 3.18. The van der Waals surface area contributed by atoms with E-state index in [1.807, 2.05) is 42.5 Å². The van der Waals surface area contributed by atoms with Crippen LogP contribution in [-0.4, -0.2) is 108 Å². The lowest BCUT2D eigenvalue weighted by Crippen LogP contribution is -2.58. The first-order valence-electron chi connectivity index (χ1n) is 18.5. The van der Waals surface area contributed by atoms with Crippen molar-refractivity contribution < 1.29 is 52.2 Å². The number of hydrogen-bond donors (Lipinski definition) is 11. The van der Waals surface area contributed by atoms with Crippen LogP contribution in [-0.2, 0) is 41.6 Å². The van der Waals surface area contributed by atoms with Gasteiger partial charge in [0, 0.05) is 25.9 Å². The maximum absolute atomic E-state index is 13.9. The van der Waals surface area contributed by atoms with Crippen LogP contribution in [0.2, 0.25) is 0 Å². The van der Waals surface area contributed by atoms with E-state index in [0.29, 0.717) is 5.56 Å². The van der Waals surface area contributed by atoms with Crippen LogP contribution in [0.5, 0.6) is 5.75 Å². The number of nitrogens with one attached hydrogen (secondary N) is 5. The summed E-state index contributed by atoms with van der Waals surface area (Å²) in [6, 6.07) is 14.7. The maximum atomic E-state index is 13.9. The molecular weight excluding hydrogens is 795 g/mol. The molecule has 22 heteroatoms. The summed E-state index contributed by atoms with van der Waals surface area (Å²) in [7, 11) is 0. The summed E-state index contributed by atoms with van der Waals surface area (Å²) in [6.45, 7) is -0.194. The molecule has 4 rings (SSSR count). The highest BCUT2D eigenvalue weighted by Crippen LogP contribution is 2.18. The number of aliphatic carboxylic acids is 1. The molecule has 1 fully saturated rings. The Hall–Kier alpha value is -7.13. The predicted octanol–water partition coefficient (Wildman–Crippen LogP) is -0.860. The molecule has 0 aromatic heterocycles. The van der Waals surface area contributed by atoms with Crippen molar-refractivity contribution in [2.45, 2.75) is 68.9 Å². The Morgan fingerprint density at radius 1 is 0.650 bits per heavy atom. The SMILES string of the molecule is NC(N)=NCCC[C@@H]1NC(=O)[C@@H](CCCN=C(N)N)NC(=O)[C@@H](Cc2ccc(O)cc2)NC(=O)CNC(=O)[C@H](Cc2ccc3ccccc3c2)NC1=O.O=C(O)C(F)(F)F. The van der Waals surface area contributed by atoms with E-state index in [1.165, 1.54) is 12.1 Å². The van der Waals surface area contributed by atoms with Crippen molar-refractivity contribution in [3.8, 4) is 5.75 Å². The zero-order valence-corrected chi connectivity index (χ0v) is 32.2. The van der Waals surface area contributed by atoms with E-state index in [-0.39, 0.29) is 69.3 Å². The highest BCUT2D eigenvalue weighted by molar-refractivity contribution is 5.97. The van der Waals surface area contributed by atoms with Crippen LogP contribution in [0, 0.1) is 0 Å². The summed E-state index contributed by atoms with van der Waals surface area (Å²) in [4.78, 5) is 85.3. The van der Waals surface area contributed by atoms with E-state index in [4.69, 9.17) is 32.8 Å². The number of halogens is 3. The first kappa shape index (κ1) is 47.2. The number of phenolic OH excluding ortho intramolecular Hbond substituents is 1. The molecule has 3 aromatic carbocycles. The Labute approximate surface area is 341 Å². The highest BCUT2D eigenvalue weighted by Gasteiger charge is 2.38. The zero-order valence-electron chi connectivity index (χ0n) is 32.2.